The van der Waals surface area contributed by atoms with Crippen LogP contribution in [0, 0.1) is 0 Å². The molecule has 1 aliphatic rings. The molecule has 0 N–H and O–H groups in total. The van der Waals surface area contributed by atoms with Crippen molar-refractivity contribution >= 4 is 39.3 Å². The van der Waals surface area contributed by atoms with Gasteiger partial charge in [0.1, 0.15) is 0 Å². The van der Waals surface area contributed by atoms with Gasteiger partial charge in [-0.2, -0.15) is 0 Å². The standard InChI is InChI=1S/C44H40BrN3O3S/c1-5-13-36-39(43(50)51-6-2)41(32-20-18-29(19-21-32)28(3)4)48-42(49)38(52-44(48)46-36)27-33-26-37(30-14-9-7-10-15-30)47(35-24-22-34(45)23-25-35)40(33)31-16-11-8-12-17-31/h7-12,14-28,41H,5-6,13H2,1-4H3/b38-27-/t41-/m1/s1. The van der Waals surface area contributed by atoms with Gasteiger partial charge in [0.25, 0.3) is 5.56 Å². The third-order valence-corrected chi connectivity index (χ3v) is 10.8. The topological polar surface area (TPSA) is 65.6 Å². The smallest absolute Gasteiger partial charge is 0.338 e. The zero-order valence-corrected chi connectivity index (χ0v) is 32.1. The van der Waals surface area contributed by atoms with Crippen LogP contribution in [0.1, 0.15) is 69.2 Å². The first-order chi connectivity index (χ1) is 25.3. The number of thiazole rings is 1. The number of ether oxygens (including phenoxy) is 1. The maximum Gasteiger partial charge on any atom is 0.338 e. The minimum absolute atomic E-state index is 0.198. The highest BCUT2D eigenvalue weighted by atomic mass is 79.9. The SMILES string of the molecule is CCCC1=C(C(=O)OCC)[C@@H](c2ccc(C(C)C)cc2)n2c(s/c(=C\c3cc(-c4ccccc4)n(-c4ccc(Br)cc4)c3-c3ccccc3)c2=O)=N1. The molecule has 0 unspecified atom stereocenters. The number of allylic oxidation sites excluding steroid dienone is 1. The summed E-state index contributed by atoms with van der Waals surface area (Å²) in [5.74, 6) is -0.0941. The summed E-state index contributed by atoms with van der Waals surface area (Å²) >= 11 is 4.96. The van der Waals surface area contributed by atoms with Gasteiger partial charge >= 0.3 is 5.97 Å². The molecule has 262 valence electrons. The molecule has 0 saturated carbocycles. The minimum atomic E-state index is -0.666. The van der Waals surface area contributed by atoms with Crippen molar-refractivity contribution < 1.29 is 9.53 Å². The van der Waals surface area contributed by atoms with Gasteiger partial charge in [0.2, 0.25) is 0 Å². The predicted molar refractivity (Wildman–Crippen MR) is 215 cm³/mol. The summed E-state index contributed by atoms with van der Waals surface area (Å²) in [6.45, 7) is 8.40. The Bertz CT molecular complexity index is 2440. The Balaban J connectivity index is 1.51. The highest BCUT2D eigenvalue weighted by Gasteiger charge is 2.34. The Labute approximate surface area is 316 Å². The number of hydrogen-bond donors (Lipinski definition) is 0. The summed E-state index contributed by atoms with van der Waals surface area (Å²) in [6.07, 6.45) is 3.37. The normalized spacial score (nSPS) is 14.4. The maximum atomic E-state index is 14.8. The lowest BCUT2D eigenvalue weighted by Gasteiger charge is -2.26. The van der Waals surface area contributed by atoms with Gasteiger partial charge in [0.05, 0.1) is 39.8 Å². The second-order valence-electron chi connectivity index (χ2n) is 13.1. The lowest BCUT2D eigenvalue weighted by molar-refractivity contribution is -0.139. The van der Waals surface area contributed by atoms with Gasteiger partial charge < -0.3 is 9.30 Å². The maximum absolute atomic E-state index is 14.8. The van der Waals surface area contributed by atoms with Gasteiger partial charge in [-0.3, -0.25) is 9.36 Å². The quantitative estimate of drug-likeness (QED) is 0.130. The van der Waals surface area contributed by atoms with Gasteiger partial charge in [0.15, 0.2) is 4.80 Å². The molecule has 8 heteroatoms. The molecule has 0 radical (unpaired) electrons. The van der Waals surface area contributed by atoms with Crippen LogP contribution in [0.25, 0.3) is 34.3 Å². The van der Waals surface area contributed by atoms with E-state index in [4.69, 9.17) is 9.73 Å². The third kappa shape index (κ3) is 6.81. The summed E-state index contributed by atoms with van der Waals surface area (Å²) in [5.41, 5.74) is 8.86. The van der Waals surface area contributed by atoms with Crippen LogP contribution in [0.15, 0.2) is 141 Å². The molecule has 0 aliphatic carbocycles. The van der Waals surface area contributed by atoms with Crippen LogP contribution in [-0.2, 0) is 9.53 Å². The number of benzene rings is 4. The fraction of sp³-hybridized carbons (Fsp3) is 0.205. The average molecular weight is 771 g/mol. The number of aromatic nitrogens is 2. The van der Waals surface area contributed by atoms with Crippen molar-refractivity contribution in [3.05, 3.63) is 167 Å². The van der Waals surface area contributed by atoms with E-state index < -0.39 is 12.0 Å². The highest BCUT2D eigenvalue weighted by molar-refractivity contribution is 9.10. The Morgan fingerprint density at radius 2 is 1.56 bits per heavy atom. The van der Waals surface area contributed by atoms with Crippen molar-refractivity contribution in [3.63, 3.8) is 0 Å². The van der Waals surface area contributed by atoms with E-state index >= 15 is 0 Å². The Morgan fingerprint density at radius 3 is 2.17 bits per heavy atom. The number of carbonyl (C=O) groups excluding carboxylic acids is 1. The van der Waals surface area contributed by atoms with Crippen LogP contribution in [-0.4, -0.2) is 21.7 Å². The lowest BCUT2D eigenvalue weighted by atomic mass is 9.92. The number of nitrogens with zero attached hydrogens (tertiary/aromatic N) is 3. The fourth-order valence-electron chi connectivity index (χ4n) is 6.85. The van der Waals surface area contributed by atoms with Crippen LogP contribution in [0.4, 0.5) is 0 Å². The summed E-state index contributed by atoms with van der Waals surface area (Å²) in [7, 11) is 0. The lowest BCUT2D eigenvalue weighted by Crippen LogP contribution is -2.40. The highest BCUT2D eigenvalue weighted by Crippen LogP contribution is 2.37. The van der Waals surface area contributed by atoms with Crippen molar-refractivity contribution in [1.82, 2.24) is 9.13 Å². The second kappa shape index (κ2) is 15.3. The molecule has 52 heavy (non-hydrogen) atoms. The Morgan fingerprint density at radius 1 is 0.904 bits per heavy atom. The summed E-state index contributed by atoms with van der Waals surface area (Å²) in [6, 6.07) is 38.6. The van der Waals surface area contributed by atoms with E-state index in [9.17, 15) is 9.59 Å². The van der Waals surface area contributed by atoms with Gasteiger partial charge in [-0.1, -0.05) is 139 Å². The van der Waals surface area contributed by atoms with E-state index in [-0.39, 0.29) is 12.2 Å². The predicted octanol–water partition coefficient (Wildman–Crippen LogP) is 9.59. The summed E-state index contributed by atoms with van der Waals surface area (Å²) in [5, 5.41) is 0. The van der Waals surface area contributed by atoms with Gasteiger partial charge in [-0.15, -0.1) is 0 Å². The number of halogens is 1. The number of esters is 1. The molecule has 0 fully saturated rings. The number of fused-ring (bicyclic) bond motifs is 1. The number of rotatable bonds is 10. The molecule has 6 aromatic rings. The number of hydrogen-bond acceptors (Lipinski definition) is 5. The summed E-state index contributed by atoms with van der Waals surface area (Å²) in [4.78, 5) is 34.1. The van der Waals surface area contributed by atoms with Gasteiger partial charge in [-0.05, 0) is 77.9 Å². The first-order valence-corrected chi connectivity index (χ1v) is 19.3. The van der Waals surface area contributed by atoms with E-state index in [0.29, 0.717) is 32.9 Å². The Kier molecular flexibility index (Phi) is 10.4. The van der Waals surface area contributed by atoms with Crippen molar-refractivity contribution in [2.24, 2.45) is 4.99 Å². The van der Waals surface area contributed by atoms with Crippen molar-refractivity contribution in [2.45, 2.75) is 52.5 Å². The molecule has 3 heterocycles. The van der Waals surface area contributed by atoms with Gasteiger partial charge in [-0.25, -0.2) is 9.79 Å². The van der Waals surface area contributed by atoms with Crippen molar-refractivity contribution in [2.75, 3.05) is 6.61 Å². The van der Waals surface area contributed by atoms with Crippen LogP contribution < -0.4 is 14.9 Å². The van der Waals surface area contributed by atoms with Crippen LogP contribution in [0.2, 0.25) is 0 Å². The molecule has 0 amide bonds. The molecular formula is C44H40BrN3O3S. The molecule has 1 atom stereocenters. The van der Waals surface area contributed by atoms with Gasteiger partial charge in [0, 0.05) is 15.7 Å². The van der Waals surface area contributed by atoms with Crippen LogP contribution in [0.3, 0.4) is 0 Å². The largest absolute Gasteiger partial charge is 0.463 e. The molecule has 0 spiro atoms. The monoisotopic (exact) mass is 769 g/mol. The van der Waals surface area contributed by atoms with Crippen molar-refractivity contribution in [3.8, 4) is 28.2 Å². The molecule has 2 aromatic heterocycles. The van der Waals surface area contributed by atoms with E-state index in [1.807, 2.05) is 66.7 Å². The van der Waals surface area contributed by atoms with E-state index in [2.05, 4.69) is 95.9 Å². The average Bonchev–Trinajstić information content (AvgIpc) is 3.69. The third-order valence-electron chi connectivity index (χ3n) is 9.33. The molecule has 0 saturated heterocycles. The van der Waals surface area contributed by atoms with Crippen LogP contribution >= 0.6 is 27.3 Å². The molecule has 4 aromatic carbocycles. The number of carbonyl (C=O) groups is 1. The first kappa shape index (κ1) is 35.4. The van der Waals surface area contributed by atoms with E-state index in [1.54, 1.807) is 11.5 Å². The van der Waals surface area contributed by atoms with Crippen molar-refractivity contribution in [1.29, 1.82) is 0 Å². The fourth-order valence-corrected chi connectivity index (χ4v) is 8.13. The zero-order valence-electron chi connectivity index (χ0n) is 29.7. The molecular weight excluding hydrogens is 730 g/mol. The second-order valence-corrected chi connectivity index (χ2v) is 15.0. The Hall–Kier alpha value is -5.05. The summed E-state index contributed by atoms with van der Waals surface area (Å²) < 4.78 is 11.1. The van der Waals surface area contributed by atoms with Crippen LogP contribution in [0.5, 0.6) is 0 Å². The first-order valence-electron chi connectivity index (χ1n) is 17.7. The molecule has 0 bridgehead atoms. The molecule has 7 rings (SSSR count). The minimum Gasteiger partial charge on any atom is -0.463 e. The van der Waals surface area contributed by atoms with E-state index in [0.717, 1.165) is 50.2 Å². The molecule has 6 nitrogen and oxygen atoms in total. The zero-order chi connectivity index (χ0) is 36.4. The molecule has 1 aliphatic heterocycles. The van der Waals surface area contributed by atoms with E-state index in [1.165, 1.54) is 16.9 Å².